The van der Waals surface area contributed by atoms with Crippen molar-refractivity contribution in [1.29, 1.82) is 0 Å². The molecule has 8 heteroatoms. The van der Waals surface area contributed by atoms with E-state index in [1.165, 1.54) is 6.20 Å². The fourth-order valence-corrected chi connectivity index (χ4v) is 2.05. The van der Waals surface area contributed by atoms with Gasteiger partial charge in [-0.15, -0.1) is 5.10 Å². The summed E-state index contributed by atoms with van der Waals surface area (Å²) in [5, 5.41) is 10.0. The maximum atomic E-state index is 8.12. The summed E-state index contributed by atoms with van der Waals surface area (Å²) < 4.78 is 16.1. The minimum Gasteiger partial charge on any atom is -0.497 e. The van der Waals surface area contributed by atoms with E-state index in [0.717, 1.165) is 22.6 Å². The molecule has 2 aromatic carbocycles. The van der Waals surface area contributed by atoms with Crippen LogP contribution in [0.25, 0.3) is 11.1 Å². The van der Waals surface area contributed by atoms with Crippen LogP contribution >= 0.6 is 0 Å². The van der Waals surface area contributed by atoms with Crippen LogP contribution in [-0.2, 0) is 9.59 Å². The van der Waals surface area contributed by atoms with Crippen molar-refractivity contribution in [3.05, 3.63) is 48.7 Å². The van der Waals surface area contributed by atoms with Gasteiger partial charge in [-0.3, -0.25) is 0 Å². The number of ether oxygens (including phenoxy) is 3. The molecule has 0 spiro atoms. The zero-order chi connectivity index (χ0) is 18.1. The van der Waals surface area contributed by atoms with Crippen molar-refractivity contribution in [1.82, 2.24) is 15.4 Å². The SMILES string of the molecule is COc1cc(OC)cc(-c2ccc(Oc3cn[nH]n3)cc2)c1.O=C=O. The Morgan fingerprint density at radius 1 is 0.880 bits per heavy atom. The number of methoxy groups -OCH3 is 2. The Bertz CT molecular complexity index is 804. The zero-order valence-electron chi connectivity index (χ0n) is 13.6. The smallest absolute Gasteiger partial charge is 0.373 e. The van der Waals surface area contributed by atoms with Crippen LogP contribution in [-0.4, -0.2) is 35.8 Å². The number of benzene rings is 2. The summed E-state index contributed by atoms with van der Waals surface area (Å²) in [5.74, 6) is 2.61. The van der Waals surface area contributed by atoms with Crippen molar-refractivity contribution in [2.24, 2.45) is 0 Å². The molecule has 3 rings (SSSR count). The second-order valence-corrected chi connectivity index (χ2v) is 4.62. The van der Waals surface area contributed by atoms with Gasteiger partial charge in [0.1, 0.15) is 23.4 Å². The van der Waals surface area contributed by atoms with E-state index in [2.05, 4.69) is 15.4 Å². The lowest BCUT2D eigenvalue weighted by Gasteiger charge is -2.09. The van der Waals surface area contributed by atoms with E-state index in [9.17, 15) is 0 Å². The Hall–Kier alpha value is -3.64. The van der Waals surface area contributed by atoms with Crippen LogP contribution in [0.15, 0.2) is 48.7 Å². The molecule has 1 aromatic heterocycles. The Labute approximate surface area is 143 Å². The molecule has 0 fully saturated rings. The van der Waals surface area contributed by atoms with Crippen molar-refractivity contribution in [3.8, 4) is 34.3 Å². The monoisotopic (exact) mass is 341 g/mol. The summed E-state index contributed by atoms with van der Waals surface area (Å²) in [6.45, 7) is 0. The first kappa shape index (κ1) is 17.7. The van der Waals surface area contributed by atoms with Crippen molar-refractivity contribution < 1.29 is 23.8 Å². The molecular formula is C17H15N3O5. The summed E-state index contributed by atoms with van der Waals surface area (Å²) in [6.07, 6.45) is 1.76. The van der Waals surface area contributed by atoms with Crippen molar-refractivity contribution >= 4 is 6.15 Å². The van der Waals surface area contributed by atoms with E-state index < -0.39 is 0 Å². The normalized spacial score (nSPS) is 9.36. The third-order valence-corrected chi connectivity index (χ3v) is 3.15. The van der Waals surface area contributed by atoms with Gasteiger partial charge in [-0.2, -0.15) is 19.9 Å². The second kappa shape index (κ2) is 8.85. The predicted molar refractivity (Wildman–Crippen MR) is 86.4 cm³/mol. The number of H-pyrrole nitrogens is 1. The number of hydrogen-bond donors (Lipinski definition) is 1. The van der Waals surface area contributed by atoms with Crippen LogP contribution < -0.4 is 14.2 Å². The highest BCUT2D eigenvalue weighted by atomic mass is 16.5. The van der Waals surface area contributed by atoms with Crippen LogP contribution in [0.4, 0.5) is 0 Å². The third kappa shape index (κ3) is 4.92. The van der Waals surface area contributed by atoms with Gasteiger partial charge in [0.25, 0.3) is 5.88 Å². The maximum Gasteiger partial charge on any atom is 0.373 e. The highest BCUT2D eigenvalue weighted by Crippen LogP contribution is 2.31. The molecule has 0 saturated carbocycles. The second-order valence-electron chi connectivity index (χ2n) is 4.62. The quantitative estimate of drug-likeness (QED) is 0.761. The first-order valence-electron chi connectivity index (χ1n) is 7.06. The van der Waals surface area contributed by atoms with E-state index in [1.54, 1.807) is 14.2 Å². The molecule has 0 aliphatic rings. The molecule has 1 N–H and O–H groups in total. The molecule has 25 heavy (non-hydrogen) atoms. The largest absolute Gasteiger partial charge is 0.497 e. The summed E-state index contributed by atoms with van der Waals surface area (Å²) >= 11 is 0. The molecule has 0 unspecified atom stereocenters. The van der Waals surface area contributed by atoms with Crippen LogP contribution in [0.5, 0.6) is 23.1 Å². The highest BCUT2D eigenvalue weighted by molar-refractivity contribution is 5.68. The Morgan fingerprint density at radius 3 is 1.96 bits per heavy atom. The van der Waals surface area contributed by atoms with E-state index in [0.29, 0.717) is 11.6 Å². The van der Waals surface area contributed by atoms with Gasteiger partial charge in [-0.1, -0.05) is 12.1 Å². The molecule has 0 saturated heterocycles. The Kier molecular flexibility index (Phi) is 6.27. The van der Waals surface area contributed by atoms with E-state index in [4.69, 9.17) is 23.8 Å². The lowest BCUT2D eigenvalue weighted by atomic mass is 10.0. The van der Waals surface area contributed by atoms with E-state index in [-0.39, 0.29) is 6.15 Å². The summed E-state index contributed by atoms with van der Waals surface area (Å²) in [4.78, 5) is 16.2. The molecule has 0 bridgehead atoms. The fraction of sp³-hybridized carbons (Fsp3) is 0.118. The van der Waals surface area contributed by atoms with Crippen molar-refractivity contribution in [2.45, 2.75) is 0 Å². The number of aromatic nitrogens is 3. The van der Waals surface area contributed by atoms with Gasteiger partial charge in [0.15, 0.2) is 0 Å². The predicted octanol–water partition coefficient (Wildman–Crippen LogP) is 2.70. The number of carbonyl (C=O) groups excluding carboxylic acids is 2. The van der Waals surface area contributed by atoms with Gasteiger partial charge < -0.3 is 14.2 Å². The summed E-state index contributed by atoms with van der Waals surface area (Å²) in [7, 11) is 3.26. The van der Waals surface area contributed by atoms with Gasteiger partial charge in [0.2, 0.25) is 0 Å². The molecule has 0 radical (unpaired) electrons. The summed E-state index contributed by atoms with van der Waals surface area (Å²) in [5.41, 5.74) is 2.04. The molecule has 8 nitrogen and oxygen atoms in total. The van der Waals surface area contributed by atoms with Gasteiger partial charge in [0.05, 0.1) is 14.2 Å². The van der Waals surface area contributed by atoms with Gasteiger partial charge in [-0.25, -0.2) is 0 Å². The molecule has 0 aliphatic carbocycles. The molecule has 0 amide bonds. The van der Waals surface area contributed by atoms with E-state index in [1.807, 2.05) is 42.5 Å². The average Bonchev–Trinajstić information content (AvgIpc) is 3.15. The average molecular weight is 341 g/mol. The molecule has 1 heterocycles. The van der Waals surface area contributed by atoms with Crippen molar-refractivity contribution in [3.63, 3.8) is 0 Å². The van der Waals surface area contributed by atoms with Crippen LogP contribution in [0.3, 0.4) is 0 Å². The standard InChI is InChI=1S/C16H15N3O3.CO2/c1-20-14-7-12(8-15(9-14)21-2)11-3-5-13(6-4-11)22-16-10-17-19-18-16;2-1-3/h3-10H,1-2H3,(H,17,18,19);. The topological polar surface area (TPSA) is 103 Å². The number of aromatic amines is 1. The number of nitrogens with one attached hydrogen (secondary N) is 1. The van der Waals surface area contributed by atoms with E-state index >= 15 is 0 Å². The van der Waals surface area contributed by atoms with Crippen molar-refractivity contribution in [2.75, 3.05) is 14.2 Å². The molecule has 0 atom stereocenters. The number of nitrogens with zero attached hydrogens (tertiary/aromatic N) is 2. The molecule has 3 aromatic rings. The zero-order valence-corrected chi connectivity index (χ0v) is 13.6. The maximum absolute atomic E-state index is 8.12. The fourth-order valence-electron chi connectivity index (χ4n) is 2.05. The lowest BCUT2D eigenvalue weighted by molar-refractivity contribution is -0.191. The molecule has 128 valence electrons. The molecular weight excluding hydrogens is 326 g/mol. The third-order valence-electron chi connectivity index (χ3n) is 3.15. The first-order valence-corrected chi connectivity index (χ1v) is 7.06. The highest BCUT2D eigenvalue weighted by Gasteiger charge is 2.05. The van der Waals surface area contributed by atoms with Crippen LogP contribution in [0.1, 0.15) is 0 Å². The number of rotatable bonds is 5. The lowest BCUT2D eigenvalue weighted by Crippen LogP contribution is -1.89. The van der Waals surface area contributed by atoms with Gasteiger partial charge >= 0.3 is 6.15 Å². The first-order chi connectivity index (χ1) is 12.2. The Balaban J connectivity index is 0.000000701. The van der Waals surface area contributed by atoms with Crippen LogP contribution in [0.2, 0.25) is 0 Å². The minimum atomic E-state index is 0.250. The summed E-state index contributed by atoms with van der Waals surface area (Å²) in [6, 6.07) is 13.4. The Morgan fingerprint density at radius 2 is 1.48 bits per heavy atom. The van der Waals surface area contributed by atoms with Gasteiger partial charge in [-0.05, 0) is 35.4 Å². The van der Waals surface area contributed by atoms with Crippen LogP contribution in [0, 0.1) is 0 Å². The minimum absolute atomic E-state index is 0.250. The number of hydrogen-bond acceptors (Lipinski definition) is 7. The van der Waals surface area contributed by atoms with Gasteiger partial charge in [0, 0.05) is 6.07 Å². The molecule has 0 aliphatic heterocycles.